The Morgan fingerprint density at radius 1 is 0.960 bits per heavy atom. The lowest BCUT2D eigenvalue weighted by molar-refractivity contribution is 0.0635. The number of nitrogens with one attached hydrogen (secondary N) is 4. The van der Waals surface area contributed by atoms with E-state index in [9.17, 15) is 9.59 Å². The SMILES string of the molecule is CC(C)(C)NC(=S)NNC(=O)c1ccc(NC(=O)OC(C)(C)C)cc1. The number of hydrogen-bond donors (Lipinski definition) is 4. The highest BCUT2D eigenvalue weighted by molar-refractivity contribution is 7.80. The zero-order chi connectivity index (χ0) is 19.3. The van der Waals surface area contributed by atoms with Crippen LogP contribution < -0.4 is 21.5 Å². The van der Waals surface area contributed by atoms with E-state index in [1.807, 2.05) is 20.8 Å². The van der Waals surface area contributed by atoms with E-state index in [2.05, 4.69) is 21.5 Å². The summed E-state index contributed by atoms with van der Waals surface area (Å²) >= 11 is 5.08. The number of ether oxygens (including phenoxy) is 1. The first kappa shape index (κ1) is 20.7. The predicted octanol–water partition coefficient (Wildman–Crippen LogP) is 2.94. The third-order valence-electron chi connectivity index (χ3n) is 2.57. The molecule has 0 aliphatic heterocycles. The van der Waals surface area contributed by atoms with Crippen molar-refractivity contribution in [1.29, 1.82) is 0 Å². The summed E-state index contributed by atoms with van der Waals surface area (Å²) in [5.41, 5.74) is 5.32. The van der Waals surface area contributed by atoms with Crippen molar-refractivity contribution in [3.8, 4) is 0 Å². The highest BCUT2D eigenvalue weighted by atomic mass is 32.1. The van der Waals surface area contributed by atoms with Crippen LogP contribution in [0.5, 0.6) is 0 Å². The number of carbonyl (C=O) groups excluding carboxylic acids is 2. The molecule has 1 rings (SSSR count). The van der Waals surface area contributed by atoms with E-state index in [1.54, 1.807) is 45.0 Å². The maximum atomic E-state index is 12.1. The van der Waals surface area contributed by atoms with Gasteiger partial charge in [0.25, 0.3) is 5.91 Å². The van der Waals surface area contributed by atoms with Crippen molar-refractivity contribution in [2.75, 3.05) is 5.32 Å². The number of carbonyl (C=O) groups is 2. The summed E-state index contributed by atoms with van der Waals surface area (Å²) in [6.45, 7) is 11.2. The van der Waals surface area contributed by atoms with Gasteiger partial charge in [0.1, 0.15) is 5.60 Å². The minimum Gasteiger partial charge on any atom is -0.444 e. The Balaban J connectivity index is 2.54. The largest absolute Gasteiger partial charge is 0.444 e. The molecule has 0 atom stereocenters. The van der Waals surface area contributed by atoms with Crippen LogP contribution in [0.25, 0.3) is 0 Å². The molecular weight excluding hydrogens is 340 g/mol. The number of rotatable bonds is 2. The molecule has 0 aromatic heterocycles. The van der Waals surface area contributed by atoms with E-state index < -0.39 is 11.7 Å². The van der Waals surface area contributed by atoms with Crippen LogP contribution in [0.4, 0.5) is 10.5 Å². The quantitative estimate of drug-likeness (QED) is 0.475. The van der Waals surface area contributed by atoms with Crippen molar-refractivity contribution in [2.45, 2.75) is 52.7 Å². The van der Waals surface area contributed by atoms with Gasteiger partial charge in [0.05, 0.1) is 0 Å². The fourth-order valence-electron chi connectivity index (χ4n) is 1.68. The van der Waals surface area contributed by atoms with Crippen LogP contribution in [0.15, 0.2) is 24.3 Å². The molecule has 0 aliphatic carbocycles. The van der Waals surface area contributed by atoms with E-state index in [4.69, 9.17) is 17.0 Å². The number of anilines is 1. The lowest BCUT2D eigenvalue weighted by Gasteiger charge is -2.23. The van der Waals surface area contributed by atoms with Crippen LogP contribution in [-0.4, -0.2) is 28.3 Å². The fourth-order valence-corrected chi connectivity index (χ4v) is 2.04. The first-order valence-corrected chi connectivity index (χ1v) is 8.25. The summed E-state index contributed by atoms with van der Waals surface area (Å²) in [6.07, 6.45) is -0.551. The minimum atomic E-state index is -0.574. The number of amides is 2. The minimum absolute atomic E-state index is 0.205. The Kier molecular flexibility index (Phi) is 6.75. The van der Waals surface area contributed by atoms with Crippen molar-refractivity contribution >= 4 is 35.0 Å². The van der Waals surface area contributed by atoms with Gasteiger partial charge in [0.15, 0.2) is 5.11 Å². The van der Waals surface area contributed by atoms with Crippen LogP contribution >= 0.6 is 12.2 Å². The molecule has 0 unspecified atom stereocenters. The maximum absolute atomic E-state index is 12.1. The summed E-state index contributed by atoms with van der Waals surface area (Å²) in [6, 6.07) is 6.41. The van der Waals surface area contributed by atoms with Gasteiger partial charge in [-0.2, -0.15) is 0 Å². The standard InChI is InChI=1S/C17H26N4O3S/c1-16(2,3)19-14(25)21-20-13(22)11-7-9-12(10-8-11)18-15(23)24-17(4,5)6/h7-10H,1-6H3,(H,18,23)(H,20,22)(H2,19,21,25). The molecule has 0 saturated carbocycles. The lowest BCUT2D eigenvalue weighted by atomic mass is 10.1. The second-order valence-corrected chi connectivity index (χ2v) is 7.90. The molecule has 0 fully saturated rings. The van der Waals surface area contributed by atoms with Crippen molar-refractivity contribution in [3.05, 3.63) is 29.8 Å². The normalized spacial score (nSPS) is 11.3. The van der Waals surface area contributed by atoms with Crippen LogP contribution in [0.3, 0.4) is 0 Å². The zero-order valence-corrected chi connectivity index (χ0v) is 16.3. The Morgan fingerprint density at radius 3 is 2.00 bits per heavy atom. The Labute approximate surface area is 153 Å². The second-order valence-electron chi connectivity index (χ2n) is 7.49. The second kappa shape index (κ2) is 8.15. The molecule has 1 aromatic rings. The van der Waals surface area contributed by atoms with E-state index in [1.165, 1.54) is 0 Å². The van der Waals surface area contributed by atoms with E-state index in [-0.39, 0.29) is 11.4 Å². The van der Waals surface area contributed by atoms with Gasteiger partial charge < -0.3 is 10.1 Å². The topological polar surface area (TPSA) is 91.5 Å². The predicted molar refractivity (Wildman–Crippen MR) is 102 cm³/mol. The first-order chi connectivity index (χ1) is 11.4. The molecule has 0 spiro atoms. The molecule has 25 heavy (non-hydrogen) atoms. The smallest absolute Gasteiger partial charge is 0.412 e. The van der Waals surface area contributed by atoms with Crippen LogP contribution in [0.1, 0.15) is 51.9 Å². The van der Waals surface area contributed by atoms with Crippen LogP contribution in [0.2, 0.25) is 0 Å². The van der Waals surface area contributed by atoms with Gasteiger partial charge in [-0.25, -0.2) is 4.79 Å². The van der Waals surface area contributed by atoms with Crippen LogP contribution in [0, 0.1) is 0 Å². The van der Waals surface area contributed by atoms with Gasteiger partial charge >= 0.3 is 6.09 Å². The summed E-state index contributed by atoms with van der Waals surface area (Å²) in [4.78, 5) is 23.8. The van der Waals surface area contributed by atoms with Crippen molar-refractivity contribution < 1.29 is 14.3 Å². The number of hydrazine groups is 1. The molecule has 0 aliphatic rings. The molecule has 0 radical (unpaired) electrons. The fraction of sp³-hybridized carbons (Fsp3) is 0.471. The molecule has 4 N–H and O–H groups in total. The highest BCUT2D eigenvalue weighted by Gasteiger charge is 2.16. The van der Waals surface area contributed by atoms with Crippen molar-refractivity contribution in [2.24, 2.45) is 0 Å². The zero-order valence-electron chi connectivity index (χ0n) is 15.4. The van der Waals surface area contributed by atoms with Crippen LogP contribution in [-0.2, 0) is 4.74 Å². The van der Waals surface area contributed by atoms with Crippen molar-refractivity contribution in [3.63, 3.8) is 0 Å². The van der Waals surface area contributed by atoms with E-state index in [0.717, 1.165) is 0 Å². The molecule has 0 heterocycles. The highest BCUT2D eigenvalue weighted by Crippen LogP contribution is 2.13. The molecule has 0 saturated heterocycles. The summed E-state index contributed by atoms with van der Waals surface area (Å²) in [5.74, 6) is -0.345. The Morgan fingerprint density at radius 2 is 1.52 bits per heavy atom. The Bertz CT molecular complexity index is 631. The maximum Gasteiger partial charge on any atom is 0.412 e. The monoisotopic (exact) mass is 366 g/mol. The first-order valence-electron chi connectivity index (χ1n) is 7.84. The Hall–Kier alpha value is -2.35. The summed E-state index contributed by atoms with van der Waals surface area (Å²) in [7, 11) is 0. The molecule has 0 bridgehead atoms. The average Bonchev–Trinajstić information content (AvgIpc) is 2.41. The number of thiocarbonyl (C=S) groups is 1. The average molecular weight is 366 g/mol. The molecule has 8 heteroatoms. The van der Waals surface area contributed by atoms with Gasteiger partial charge in [-0.05, 0) is 78.0 Å². The molecule has 7 nitrogen and oxygen atoms in total. The molecule has 2 amide bonds. The third kappa shape index (κ3) is 8.90. The third-order valence-corrected chi connectivity index (χ3v) is 2.77. The molecule has 138 valence electrons. The van der Waals surface area contributed by atoms with Gasteiger partial charge in [-0.15, -0.1) is 0 Å². The van der Waals surface area contributed by atoms with E-state index in [0.29, 0.717) is 16.4 Å². The van der Waals surface area contributed by atoms with Crippen molar-refractivity contribution in [1.82, 2.24) is 16.2 Å². The summed E-state index contributed by atoms with van der Waals surface area (Å²) < 4.78 is 5.16. The van der Waals surface area contributed by atoms with Gasteiger partial charge in [0, 0.05) is 16.8 Å². The number of benzene rings is 1. The lowest BCUT2D eigenvalue weighted by Crippen LogP contribution is -2.52. The van der Waals surface area contributed by atoms with Gasteiger partial charge in [-0.1, -0.05) is 0 Å². The summed E-state index contributed by atoms with van der Waals surface area (Å²) in [5, 5.41) is 5.94. The molecule has 1 aromatic carbocycles. The van der Waals surface area contributed by atoms with E-state index >= 15 is 0 Å². The number of hydrogen-bond acceptors (Lipinski definition) is 4. The van der Waals surface area contributed by atoms with Gasteiger partial charge in [-0.3, -0.25) is 21.0 Å². The van der Waals surface area contributed by atoms with Gasteiger partial charge in [0.2, 0.25) is 0 Å². The molecular formula is C17H26N4O3S.